The van der Waals surface area contributed by atoms with Gasteiger partial charge in [-0.3, -0.25) is 9.89 Å². The Labute approximate surface area is 176 Å². The molecule has 2 N–H and O–H groups in total. The SMILES string of the molecule is CN=C(NCCCOC1CCOCC1)NCC1(CN2CCOCC2)CCCCC1. The molecule has 3 fully saturated rings. The monoisotopic (exact) mass is 410 g/mol. The number of hydrogen-bond donors (Lipinski definition) is 2. The second-order valence-electron chi connectivity index (χ2n) is 8.84. The Morgan fingerprint density at radius 3 is 2.48 bits per heavy atom. The number of morpholine rings is 1. The smallest absolute Gasteiger partial charge is 0.190 e. The van der Waals surface area contributed by atoms with Crippen LogP contribution >= 0.6 is 0 Å². The maximum Gasteiger partial charge on any atom is 0.190 e. The van der Waals surface area contributed by atoms with Gasteiger partial charge in [-0.1, -0.05) is 19.3 Å². The number of hydrogen-bond acceptors (Lipinski definition) is 5. The summed E-state index contributed by atoms with van der Waals surface area (Å²) in [5.74, 6) is 0.919. The molecule has 1 aliphatic carbocycles. The third-order valence-corrected chi connectivity index (χ3v) is 6.57. The summed E-state index contributed by atoms with van der Waals surface area (Å²) >= 11 is 0. The highest BCUT2D eigenvalue weighted by Gasteiger charge is 2.34. The highest BCUT2D eigenvalue weighted by molar-refractivity contribution is 5.79. The fraction of sp³-hybridized carbons (Fsp3) is 0.955. The van der Waals surface area contributed by atoms with Crippen molar-refractivity contribution in [1.29, 1.82) is 0 Å². The second-order valence-corrected chi connectivity index (χ2v) is 8.84. The molecule has 3 rings (SSSR count). The number of nitrogens with one attached hydrogen (secondary N) is 2. The maximum absolute atomic E-state index is 5.96. The lowest BCUT2D eigenvalue weighted by atomic mass is 9.73. The Balaban J connectivity index is 1.36. The molecule has 168 valence electrons. The third-order valence-electron chi connectivity index (χ3n) is 6.57. The van der Waals surface area contributed by atoms with Crippen molar-refractivity contribution in [1.82, 2.24) is 15.5 Å². The fourth-order valence-electron chi connectivity index (χ4n) is 4.79. The first-order valence-electron chi connectivity index (χ1n) is 11.7. The van der Waals surface area contributed by atoms with E-state index in [-0.39, 0.29) is 0 Å². The van der Waals surface area contributed by atoms with Crippen LogP contribution < -0.4 is 10.6 Å². The molecule has 0 atom stereocenters. The first kappa shape index (κ1) is 22.8. The van der Waals surface area contributed by atoms with Crippen LogP contribution in [0.4, 0.5) is 0 Å². The molecule has 0 unspecified atom stereocenters. The molecule has 0 bridgehead atoms. The van der Waals surface area contributed by atoms with E-state index < -0.39 is 0 Å². The van der Waals surface area contributed by atoms with Gasteiger partial charge in [0.25, 0.3) is 0 Å². The van der Waals surface area contributed by atoms with E-state index in [1.807, 2.05) is 7.05 Å². The van der Waals surface area contributed by atoms with Gasteiger partial charge in [0, 0.05) is 65.0 Å². The Hall–Kier alpha value is -0.890. The van der Waals surface area contributed by atoms with Gasteiger partial charge in [0.1, 0.15) is 0 Å². The first-order chi connectivity index (χ1) is 14.3. The van der Waals surface area contributed by atoms with Gasteiger partial charge in [-0.15, -0.1) is 0 Å². The van der Waals surface area contributed by atoms with Crippen LogP contribution in [0.5, 0.6) is 0 Å². The highest BCUT2D eigenvalue weighted by atomic mass is 16.5. The largest absolute Gasteiger partial charge is 0.381 e. The summed E-state index contributed by atoms with van der Waals surface area (Å²) in [4.78, 5) is 7.04. The van der Waals surface area contributed by atoms with Crippen LogP contribution in [0, 0.1) is 5.41 Å². The predicted molar refractivity (Wildman–Crippen MR) is 117 cm³/mol. The zero-order valence-corrected chi connectivity index (χ0v) is 18.4. The standard InChI is InChI=1S/C22H42N4O3/c1-23-21(24-10-5-13-29-20-6-14-27-15-7-20)25-18-22(8-3-2-4-9-22)19-26-11-16-28-17-12-26/h20H,2-19H2,1H3,(H2,23,24,25). The Bertz CT molecular complexity index is 471. The summed E-state index contributed by atoms with van der Waals surface area (Å²) in [5.41, 5.74) is 0.360. The molecule has 7 heteroatoms. The number of ether oxygens (including phenoxy) is 3. The molecule has 7 nitrogen and oxygen atoms in total. The molecule has 1 saturated carbocycles. The highest BCUT2D eigenvalue weighted by Crippen LogP contribution is 2.36. The van der Waals surface area contributed by atoms with E-state index in [1.165, 1.54) is 38.6 Å². The summed E-state index contributed by atoms with van der Waals surface area (Å²) in [5, 5.41) is 7.10. The van der Waals surface area contributed by atoms with Crippen LogP contribution in [0.2, 0.25) is 0 Å². The minimum Gasteiger partial charge on any atom is -0.381 e. The van der Waals surface area contributed by atoms with E-state index in [2.05, 4.69) is 20.5 Å². The quantitative estimate of drug-likeness (QED) is 0.344. The number of guanidine groups is 1. The molecule has 2 saturated heterocycles. The maximum atomic E-state index is 5.96. The molecule has 0 amide bonds. The summed E-state index contributed by atoms with van der Waals surface area (Å²) in [6.45, 7) is 9.45. The Morgan fingerprint density at radius 1 is 1.03 bits per heavy atom. The van der Waals surface area contributed by atoms with E-state index >= 15 is 0 Å². The Kier molecular flexibility index (Phi) is 10.00. The van der Waals surface area contributed by atoms with Gasteiger partial charge in [0.2, 0.25) is 0 Å². The number of aliphatic imine (C=N–C) groups is 1. The van der Waals surface area contributed by atoms with Crippen LogP contribution in [-0.4, -0.2) is 89.8 Å². The number of rotatable bonds is 9. The van der Waals surface area contributed by atoms with Crippen molar-refractivity contribution in [2.45, 2.75) is 57.5 Å². The van der Waals surface area contributed by atoms with Crippen molar-refractivity contribution in [3.63, 3.8) is 0 Å². The predicted octanol–water partition coefficient (Wildman–Crippen LogP) is 2.02. The number of nitrogens with zero attached hydrogens (tertiary/aromatic N) is 2. The van der Waals surface area contributed by atoms with Crippen molar-refractivity contribution >= 4 is 5.96 Å². The molecule has 3 aliphatic rings. The van der Waals surface area contributed by atoms with Crippen molar-refractivity contribution in [3.05, 3.63) is 0 Å². The van der Waals surface area contributed by atoms with E-state index in [4.69, 9.17) is 14.2 Å². The molecule has 0 aromatic heterocycles. The van der Waals surface area contributed by atoms with Crippen LogP contribution in [0.15, 0.2) is 4.99 Å². The zero-order chi connectivity index (χ0) is 20.2. The van der Waals surface area contributed by atoms with Gasteiger partial charge < -0.3 is 24.8 Å². The van der Waals surface area contributed by atoms with Gasteiger partial charge in [-0.25, -0.2) is 0 Å². The van der Waals surface area contributed by atoms with Crippen molar-refractivity contribution in [2.75, 3.05) is 72.8 Å². The summed E-state index contributed by atoms with van der Waals surface area (Å²) < 4.78 is 16.9. The van der Waals surface area contributed by atoms with Gasteiger partial charge in [-0.05, 0) is 32.1 Å². The summed E-state index contributed by atoms with van der Waals surface area (Å²) in [6, 6.07) is 0. The van der Waals surface area contributed by atoms with Crippen molar-refractivity contribution < 1.29 is 14.2 Å². The second kappa shape index (κ2) is 12.7. The van der Waals surface area contributed by atoms with Gasteiger partial charge in [-0.2, -0.15) is 0 Å². The lowest BCUT2D eigenvalue weighted by Crippen LogP contribution is -2.51. The zero-order valence-electron chi connectivity index (χ0n) is 18.4. The molecule has 2 aliphatic heterocycles. The summed E-state index contributed by atoms with van der Waals surface area (Å²) in [7, 11) is 1.86. The normalized spacial score (nSPS) is 24.4. The topological polar surface area (TPSA) is 67.4 Å². The molecular formula is C22H42N4O3. The van der Waals surface area contributed by atoms with Gasteiger partial charge in [0.15, 0.2) is 5.96 Å². The average molecular weight is 411 g/mol. The first-order valence-corrected chi connectivity index (χ1v) is 11.7. The Morgan fingerprint density at radius 2 is 1.76 bits per heavy atom. The lowest BCUT2D eigenvalue weighted by molar-refractivity contribution is -0.0320. The minimum absolute atomic E-state index is 0.360. The van der Waals surface area contributed by atoms with E-state index in [9.17, 15) is 0 Å². The van der Waals surface area contributed by atoms with Crippen molar-refractivity contribution in [2.24, 2.45) is 10.4 Å². The van der Waals surface area contributed by atoms with Crippen LogP contribution in [0.25, 0.3) is 0 Å². The van der Waals surface area contributed by atoms with E-state index in [1.54, 1.807) is 0 Å². The van der Waals surface area contributed by atoms with Crippen molar-refractivity contribution in [3.8, 4) is 0 Å². The van der Waals surface area contributed by atoms with E-state index in [0.29, 0.717) is 11.5 Å². The van der Waals surface area contributed by atoms with Crippen LogP contribution in [0.1, 0.15) is 51.4 Å². The van der Waals surface area contributed by atoms with Gasteiger partial charge in [0.05, 0.1) is 19.3 Å². The molecular weight excluding hydrogens is 368 g/mol. The molecule has 0 radical (unpaired) electrons. The molecule has 0 spiro atoms. The molecule has 29 heavy (non-hydrogen) atoms. The van der Waals surface area contributed by atoms with Crippen LogP contribution in [-0.2, 0) is 14.2 Å². The van der Waals surface area contributed by atoms with Crippen LogP contribution in [0.3, 0.4) is 0 Å². The molecule has 2 heterocycles. The molecule has 0 aromatic rings. The van der Waals surface area contributed by atoms with Gasteiger partial charge >= 0.3 is 0 Å². The minimum atomic E-state index is 0.360. The third kappa shape index (κ3) is 8.04. The average Bonchev–Trinajstić information content (AvgIpc) is 2.78. The molecule has 0 aromatic carbocycles. The summed E-state index contributed by atoms with van der Waals surface area (Å²) in [6.07, 6.45) is 10.1. The fourth-order valence-corrected chi connectivity index (χ4v) is 4.79. The lowest BCUT2D eigenvalue weighted by Gasteiger charge is -2.42. The van der Waals surface area contributed by atoms with E-state index in [0.717, 1.165) is 84.4 Å².